The Bertz CT molecular complexity index is 494. The van der Waals surface area contributed by atoms with Crippen LogP contribution < -0.4 is 9.47 Å². The molecule has 3 rings (SSSR count). The molecule has 1 fully saturated rings. The van der Waals surface area contributed by atoms with Crippen LogP contribution in [-0.4, -0.2) is 41.8 Å². The quantitative estimate of drug-likeness (QED) is 0.924. The minimum Gasteiger partial charge on any atom is -0.486 e. The van der Waals surface area contributed by atoms with Crippen LogP contribution in [0, 0.1) is 0 Å². The van der Waals surface area contributed by atoms with Crippen LogP contribution >= 0.6 is 12.4 Å². The maximum absolute atomic E-state index is 11.2. The molecule has 5 nitrogen and oxygen atoms in total. The van der Waals surface area contributed by atoms with Crippen molar-refractivity contribution in [3.8, 4) is 11.5 Å². The van der Waals surface area contributed by atoms with Gasteiger partial charge >= 0.3 is 5.97 Å². The van der Waals surface area contributed by atoms with E-state index >= 15 is 0 Å². The Morgan fingerprint density at radius 3 is 2.95 bits per heavy atom. The number of hydrogen-bond donors (Lipinski definition) is 1. The summed E-state index contributed by atoms with van der Waals surface area (Å²) in [6.45, 7) is 2.54. The van der Waals surface area contributed by atoms with E-state index in [9.17, 15) is 9.90 Å². The number of likely N-dealkylation sites (tertiary alicyclic amines) is 1. The lowest BCUT2D eigenvalue weighted by Gasteiger charge is -2.25. The van der Waals surface area contributed by atoms with E-state index in [1.807, 2.05) is 23.1 Å². The molecule has 110 valence electrons. The molecule has 0 saturated carbocycles. The summed E-state index contributed by atoms with van der Waals surface area (Å²) in [7, 11) is 0. The van der Waals surface area contributed by atoms with Crippen LogP contribution in [0.3, 0.4) is 0 Å². The molecule has 20 heavy (non-hydrogen) atoms. The Kier molecular flexibility index (Phi) is 4.73. The predicted molar refractivity (Wildman–Crippen MR) is 75.7 cm³/mol. The van der Waals surface area contributed by atoms with Gasteiger partial charge in [0.05, 0.1) is 0 Å². The normalized spacial score (nSPS) is 21.3. The second-order valence-corrected chi connectivity index (χ2v) is 4.91. The molecule has 0 unspecified atom stereocenters. The molecule has 1 N–H and O–H groups in total. The van der Waals surface area contributed by atoms with Gasteiger partial charge in [-0.1, -0.05) is 12.1 Å². The average Bonchev–Trinajstić information content (AvgIpc) is 2.87. The maximum atomic E-state index is 11.2. The lowest BCUT2D eigenvalue weighted by molar-refractivity contribution is -0.142. The van der Waals surface area contributed by atoms with Crippen LogP contribution in [0.15, 0.2) is 18.2 Å². The van der Waals surface area contributed by atoms with E-state index in [-0.39, 0.29) is 18.4 Å². The molecule has 1 atom stereocenters. The van der Waals surface area contributed by atoms with Crippen molar-refractivity contribution in [1.29, 1.82) is 0 Å². The predicted octanol–water partition coefficient (Wildman–Crippen LogP) is 1.93. The van der Waals surface area contributed by atoms with Crippen LogP contribution in [0.5, 0.6) is 11.5 Å². The molecule has 0 radical (unpaired) electrons. The number of halogens is 1. The second kappa shape index (κ2) is 6.33. The number of carboxylic acid groups (broad SMARTS) is 1. The first kappa shape index (κ1) is 14.9. The van der Waals surface area contributed by atoms with Gasteiger partial charge in [0, 0.05) is 12.1 Å². The van der Waals surface area contributed by atoms with E-state index in [1.165, 1.54) is 0 Å². The third-order valence-electron chi connectivity index (χ3n) is 3.67. The van der Waals surface area contributed by atoms with Crippen molar-refractivity contribution in [3.63, 3.8) is 0 Å². The maximum Gasteiger partial charge on any atom is 0.320 e. The Labute approximate surface area is 123 Å². The van der Waals surface area contributed by atoms with Gasteiger partial charge in [-0.05, 0) is 25.5 Å². The summed E-state index contributed by atoms with van der Waals surface area (Å²) in [5.74, 6) is 0.791. The van der Waals surface area contributed by atoms with E-state index in [4.69, 9.17) is 9.47 Å². The van der Waals surface area contributed by atoms with Crippen LogP contribution in [0.4, 0.5) is 0 Å². The molecule has 1 aromatic rings. The second-order valence-electron chi connectivity index (χ2n) is 4.91. The number of benzene rings is 1. The topological polar surface area (TPSA) is 59.0 Å². The van der Waals surface area contributed by atoms with Crippen LogP contribution in [-0.2, 0) is 11.3 Å². The smallest absolute Gasteiger partial charge is 0.320 e. The van der Waals surface area contributed by atoms with Crippen molar-refractivity contribution >= 4 is 18.4 Å². The minimum atomic E-state index is -0.737. The van der Waals surface area contributed by atoms with E-state index in [2.05, 4.69) is 0 Å². The van der Waals surface area contributed by atoms with Crippen molar-refractivity contribution in [2.45, 2.75) is 25.4 Å². The number of hydrogen-bond acceptors (Lipinski definition) is 4. The fourth-order valence-corrected chi connectivity index (χ4v) is 2.77. The summed E-state index contributed by atoms with van der Waals surface area (Å²) < 4.78 is 11.2. The molecule has 6 heteroatoms. The van der Waals surface area contributed by atoms with Crippen LogP contribution in [0.25, 0.3) is 0 Å². The minimum absolute atomic E-state index is 0. The average molecular weight is 300 g/mol. The highest BCUT2D eigenvalue weighted by atomic mass is 35.5. The van der Waals surface area contributed by atoms with Gasteiger partial charge in [-0.2, -0.15) is 0 Å². The van der Waals surface area contributed by atoms with Gasteiger partial charge in [-0.25, -0.2) is 0 Å². The van der Waals surface area contributed by atoms with Gasteiger partial charge in [0.2, 0.25) is 0 Å². The molecule has 2 aliphatic rings. The zero-order chi connectivity index (χ0) is 13.2. The highest BCUT2D eigenvalue weighted by molar-refractivity contribution is 5.85. The Hall–Kier alpha value is -1.46. The summed E-state index contributed by atoms with van der Waals surface area (Å²) in [4.78, 5) is 13.2. The summed E-state index contributed by atoms with van der Waals surface area (Å²) >= 11 is 0. The molecular formula is C14H18ClNO4. The summed E-state index contributed by atoms with van der Waals surface area (Å²) in [5.41, 5.74) is 1.00. The standard InChI is InChI=1S/C14H17NO4.ClH/c16-14(17)11-4-2-6-15(11)9-10-3-1-5-12-13(10)19-8-7-18-12;/h1,3,5,11H,2,4,6-9H2,(H,16,17);1H/t11-;/m1./s1. The molecule has 1 saturated heterocycles. The highest BCUT2D eigenvalue weighted by Gasteiger charge is 2.31. The van der Waals surface area contributed by atoms with E-state index in [1.54, 1.807) is 0 Å². The molecule has 2 heterocycles. The monoisotopic (exact) mass is 299 g/mol. The van der Waals surface area contributed by atoms with Gasteiger partial charge in [-0.15, -0.1) is 12.4 Å². The fourth-order valence-electron chi connectivity index (χ4n) is 2.77. The molecule has 0 bridgehead atoms. The summed E-state index contributed by atoms with van der Waals surface area (Å²) in [5, 5.41) is 9.20. The first-order valence-corrected chi connectivity index (χ1v) is 6.60. The van der Waals surface area contributed by atoms with Crippen LogP contribution in [0.2, 0.25) is 0 Å². The van der Waals surface area contributed by atoms with Gasteiger partial charge in [0.25, 0.3) is 0 Å². The van der Waals surface area contributed by atoms with Gasteiger partial charge < -0.3 is 14.6 Å². The number of ether oxygens (including phenoxy) is 2. The zero-order valence-corrected chi connectivity index (χ0v) is 11.9. The molecule has 0 spiro atoms. The first-order valence-electron chi connectivity index (χ1n) is 6.60. The third kappa shape index (κ3) is 2.83. The van der Waals surface area contributed by atoms with Crippen molar-refractivity contribution in [2.75, 3.05) is 19.8 Å². The Morgan fingerprint density at radius 1 is 1.35 bits per heavy atom. The van der Waals surface area contributed by atoms with E-state index in [0.717, 1.165) is 36.4 Å². The van der Waals surface area contributed by atoms with E-state index < -0.39 is 5.97 Å². The summed E-state index contributed by atoms with van der Waals surface area (Å²) in [6.07, 6.45) is 1.66. The number of nitrogens with zero attached hydrogens (tertiary/aromatic N) is 1. The Balaban J connectivity index is 0.00000147. The molecule has 0 amide bonds. The molecule has 0 aromatic heterocycles. The van der Waals surface area contributed by atoms with Gasteiger partial charge in [0.1, 0.15) is 19.3 Å². The molecule has 2 aliphatic heterocycles. The highest BCUT2D eigenvalue weighted by Crippen LogP contribution is 2.35. The van der Waals surface area contributed by atoms with Crippen molar-refractivity contribution in [3.05, 3.63) is 23.8 Å². The third-order valence-corrected chi connectivity index (χ3v) is 3.67. The molecular weight excluding hydrogens is 282 g/mol. The number of fused-ring (bicyclic) bond motifs is 1. The lowest BCUT2D eigenvalue weighted by atomic mass is 10.1. The summed E-state index contributed by atoms with van der Waals surface area (Å²) in [6, 6.07) is 5.41. The van der Waals surface area contributed by atoms with Gasteiger partial charge in [-0.3, -0.25) is 9.69 Å². The first-order chi connectivity index (χ1) is 9.25. The number of aliphatic carboxylic acids is 1. The molecule has 1 aromatic carbocycles. The fraction of sp³-hybridized carbons (Fsp3) is 0.500. The largest absolute Gasteiger partial charge is 0.486 e. The Morgan fingerprint density at radius 2 is 2.15 bits per heavy atom. The lowest BCUT2D eigenvalue weighted by Crippen LogP contribution is -2.35. The van der Waals surface area contributed by atoms with Crippen molar-refractivity contribution in [1.82, 2.24) is 4.90 Å². The van der Waals surface area contributed by atoms with Crippen molar-refractivity contribution < 1.29 is 19.4 Å². The van der Waals surface area contributed by atoms with Gasteiger partial charge in [0.15, 0.2) is 11.5 Å². The number of rotatable bonds is 3. The molecule has 0 aliphatic carbocycles. The number of carbonyl (C=O) groups is 1. The number of carboxylic acids is 1. The van der Waals surface area contributed by atoms with E-state index in [0.29, 0.717) is 19.8 Å². The van der Waals surface area contributed by atoms with Crippen molar-refractivity contribution in [2.24, 2.45) is 0 Å². The SMILES string of the molecule is Cl.O=C(O)[C@H]1CCCN1Cc1cccc2c1OCCO2. The zero-order valence-electron chi connectivity index (χ0n) is 11.1. The van der Waals surface area contributed by atoms with Crippen LogP contribution in [0.1, 0.15) is 18.4 Å². The number of para-hydroxylation sites is 1.